The highest BCUT2D eigenvalue weighted by atomic mass is 19.1. The first-order chi connectivity index (χ1) is 14.0. The van der Waals surface area contributed by atoms with Crippen molar-refractivity contribution in [1.82, 2.24) is 0 Å². The van der Waals surface area contributed by atoms with Gasteiger partial charge in [-0.1, -0.05) is 36.4 Å². The lowest BCUT2D eigenvalue weighted by molar-refractivity contribution is -0.122. The van der Waals surface area contributed by atoms with Crippen LogP contribution in [-0.2, 0) is 4.79 Å². The maximum Gasteiger partial charge on any atom is 0.265 e. The third-order valence-corrected chi connectivity index (χ3v) is 4.70. The fraction of sp³-hybridized carbons (Fsp3) is 0.0870. The summed E-state index contributed by atoms with van der Waals surface area (Å²) in [6.07, 6.45) is -0.971. The van der Waals surface area contributed by atoms with Crippen LogP contribution in [0.5, 0.6) is 5.75 Å². The molecule has 144 valence electrons. The van der Waals surface area contributed by atoms with E-state index in [2.05, 4.69) is 5.32 Å². The van der Waals surface area contributed by atoms with Crippen molar-refractivity contribution in [1.29, 1.82) is 0 Å². The number of ether oxygens (including phenoxy) is 1. The van der Waals surface area contributed by atoms with Crippen LogP contribution in [0.1, 0.15) is 38.8 Å². The molecule has 0 bridgehead atoms. The van der Waals surface area contributed by atoms with E-state index >= 15 is 0 Å². The van der Waals surface area contributed by atoms with Gasteiger partial charge < -0.3 is 10.1 Å². The van der Waals surface area contributed by atoms with Gasteiger partial charge in [-0.25, -0.2) is 4.39 Å². The highest BCUT2D eigenvalue weighted by Crippen LogP contribution is 2.29. The first-order valence-electron chi connectivity index (χ1n) is 9.00. The molecule has 0 unspecified atom stereocenters. The van der Waals surface area contributed by atoms with Crippen molar-refractivity contribution < 1.29 is 23.5 Å². The molecule has 0 fully saturated rings. The number of ketones is 2. The molecule has 6 heteroatoms. The third kappa shape index (κ3) is 3.40. The number of halogens is 1. The second-order valence-corrected chi connectivity index (χ2v) is 6.64. The normalized spacial score (nSPS) is 13.3. The lowest BCUT2D eigenvalue weighted by Crippen LogP contribution is -2.30. The number of rotatable bonds is 4. The van der Waals surface area contributed by atoms with Crippen LogP contribution in [0.25, 0.3) is 0 Å². The van der Waals surface area contributed by atoms with E-state index in [9.17, 15) is 18.8 Å². The Morgan fingerprint density at radius 2 is 1.45 bits per heavy atom. The molecule has 1 aliphatic carbocycles. The summed E-state index contributed by atoms with van der Waals surface area (Å²) < 4.78 is 19.1. The summed E-state index contributed by atoms with van der Waals surface area (Å²) in [5.74, 6) is -1.61. The summed E-state index contributed by atoms with van der Waals surface area (Å²) >= 11 is 0. The molecular formula is C23H16FNO4. The molecule has 0 saturated carbocycles. The second kappa shape index (κ2) is 7.31. The summed E-state index contributed by atoms with van der Waals surface area (Å²) in [6, 6.07) is 17.0. The molecule has 3 aromatic carbocycles. The van der Waals surface area contributed by atoms with Crippen molar-refractivity contribution in [3.8, 4) is 5.75 Å². The zero-order valence-electron chi connectivity index (χ0n) is 15.4. The Labute approximate surface area is 166 Å². The van der Waals surface area contributed by atoms with Crippen LogP contribution in [0.2, 0.25) is 0 Å². The maximum absolute atomic E-state index is 13.7. The van der Waals surface area contributed by atoms with Crippen molar-refractivity contribution in [2.24, 2.45) is 0 Å². The van der Waals surface area contributed by atoms with Crippen LogP contribution < -0.4 is 10.1 Å². The van der Waals surface area contributed by atoms with Crippen LogP contribution in [-0.4, -0.2) is 23.6 Å². The van der Waals surface area contributed by atoms with Gasteiger partial charge in [0.15, 0.2) is 29.2 Å². The van der Waals surface area contributed by atoms with Crippen molar-refractivity contribution in [2.75, 3.05) is 5.32 Å². The topological polar surface area (TPSA) is 72.5 Å². The quantitative estimate of drug-likeness (QED) is 0.573. The number of carbonyl (C=O) groups excluding carboxylic acids is 3. The SMILES string of the molecule is C[C@@H](Oc1ccccc1F)C(=O)Nc1ccc2c(c1)C(=O)c1ccccc1C2=O. The maximum atomic E-state index is 13.7. The smallest absolute Gasteiger partial charge is 0.265 e. The first kappa shape index (κ1) is 18.6. The molecular weight excluding hydrogens is 373 g/mol. The lowest BCUT2D eigenvalue weighted by Gasteiger charge is -2.19. The minimum Gasteiger partial charge on any atom is -0.478 e. The molecule has 3 aromatic rings. The molecule has 29 heavy (non-hydrogen) atoms. The number of para-hydroxylation sites is 1. The van der Waals surface area contributed by atoms with E-state index in [1.165, 1.54) is 37.3 Å². The number of nitrogens with one attached hydrogen (secondary N) is 1. The van der Waals surface area contributed by atoms with Gasteiger partial charge >= 0.3 is 0 Å². The molecule has 0 aromatic heterocycles. The number of carbonyl (C=O) groups is 3. The van der Waals surface area contributed by atoms with Gasteiger partial charge in [0.25, 0.3) is 5.91 Å². The minimum atomic E-state index is -0.971. The Balaban J connectivity index is 1.55. The summed E-state index contributed by atoms with van der Waals surface area (Å²) in [4.78, 5) is 37.8. The van der Waals surface area contributed by atoms with Gasteiger partial charge in [0.1, 0.15) is 0 Å². The molecule has 0 radical (unpaired) electrons. The van der Waals surface area contributed by atoms with Gasteiger partial charge in [0.05, 0.1) is 0 Å². The van der Waals surface area contributed by atoms with Crippen LogP contribution >= 0.6 is 0 Å². The first-order valence-corrected chi connectivity index (χ1v) is 9.00. The molecule has 0 saturated heterocycles. The monoisotopic (exact) mass is 389 g/mol. The number of hydrogen-bond acceptors (Lipinski definition) is 4. The molecule has 4 rings (SSSR count). The molecule has 0 spiro atoms. The molecule has 1 aliphatic rings. The summed E-state index contributed by atoms with van der Waals surface area (Å²) in [5.41, 5.74) is 1.58. The van der Waals surface area contributed by atoms with E-state index < -0.39 is 17.8 Å². The van der Waals surface area contributed by atoms with Crippen molar-refractivity contribution in [3.05, 3.63) is 94.8 Å². The van der Waals surface area contributed by atoms with Gasteiger partial charge in [-0.15, -0.1) is 0 Å². The molecule has 1 N–H and O–H groups in total. The minimum absolute atomic E-state index is 0.0297. The third-order valence-electron chi connectivity index (χ3n) is 4.70. The Kier molecular flexibility index (Phi) is 4.68. The van der Waals surface area contributed by atoms with Crippen LogP contribution in [0.4, 0.5) is 10.1 Å². The molecule has 0 heterocycles. The zero-order valence-corrected chi connectivity index (χ0v) is 15.4. The largest absolute Gasteiger partial charge is 0.478 e. The zero-order chi connectivity index (χ0) is 20.5. The second-order valence-electron chi connectivity index (χ2n) is 6.64. The predicted molar refractivity (Wildman–Crippen MR) is 105 cm³/mol. The number of anilines is 1. The van der Waals surface area contributed by atoms with E-state index in [0.29, 0.717) is 22.4 Å². The van der Waals surface area contributed by atoms with E-state index in [-0.39, 0.29) is 22.9 Å². The van der Waals surface area contributed by atoms with E-state index in [1.807, 2.05) is 0 Å². The fourth-order valence-corrected chi connectivity index (χ4v) is 3.21. The van der Waals surface area contributed by atoms with Crippen LogP contribution in [0.15, 0.2) is 66.7 Å². The predicted octanol–water partition coefficient (Wildman–Crippen LogP) is 4.01. The molecule has 1 atom stereocenters. The van der Waals surface area contributed by atoms with Crippen LogP contribution in [0.3, 0.4) is 0 Å². The van der Waals surface area contributed by atoms with Gasteiger partial charge in [-0.3, -0.25) is 14.4 Å². The van der Waals surface area contributed by atoms with Crippen molar-refractivity contribution in [3.63, 3.8) is 0 Å². The number of benzene rings is 3. The molecule has 0 aliphatic heterocycles. The van der Waals surface area contributed by atoms with E-state index in [4.69, 9.17) is 4.74 Å². The summed E-state index contributed by atoms with van der Waals surface area (Å²) in [7, 11) is 0. The summed E-state index contributed by atoms with van der Waals surface area (Å²) in [5, 5.41) is 2.64. The van der Waals surface area contributed by atoms with Gasteiger partial charge in [0, 0.05) is 27.9 Å². The molecule has 5 nitrogen and oxygen atoms in total. The van der Waals surface area contributed by atoms with Crippen LogP contribution in [0, 0.1) is 5.82 Å². The average molecular weight is 389 g/mol. The fourth-order valence-electron chi connectivity index (χ4n) is 3.21. The highest BCUT2D eigenvalue weighted by molar-refractivity contribution is 6.28. The Morgan fingerprint density at radius 3 is 2.14 bits per heavy atom. The Hall–Kier alpha value is -3.80. The number of fused-ring (bicyclic) bond motifs is 2. The Bertz CT molecular complexity index is 1160. The summed E-state index contributed by atoms with van der Waals surface area (Å²) in [6.45, 7) is 1.49. The molecule has 1 amide bonds. The Morgan fingerprint density at radius 1 is 0.862 bits per heavy atom. The van der Waals surface area contributed by atoms with Crippen molar-refractivity contribution >= 4 is 23.2 Å². The van der Waals surface area contributed by atoms with E-state index in [1.54, 1.807) is 36.4 Å². The number of hydrogen-bond donors (Lipinski definition) is 1. The standard InChI is InChI=1S/C23H16FNO4/c1-13(29-20-9-5-4-8-19(20)24)23(28)25-14-10-11-17-18(12-14)22(27)16-7-3-2-6-15(16)21(17)26/h2-13H,1H3,(H,25,28)/t13-/m1/s1. The highest BCUT2D eigenvalue weighted by Gasteiger charge is 2.29. The lowest BCUT2D eigenvalue weighted by atomic mass is 9.84. The van der Waals surface area contributed by atoms with Gasteiger partial charge in [0.2, 0.25) is 0 Å². The van der Waals surface area contributed by atoms with E-state index in [0.717, 1.165) is 0 Å². The van der Waals surface area contributed by atoms with Gasteiger partial charge in [-0.05, 0) is 37.3 Å². The van der Waals surface area contributed by atoms with Crippen molar-refractivity contribution in [2.45, 2.75) is 13.0 Å². The number of amides is 1. The average Bonchev–Trinajstić information content (AvgIpc) is 2.73. The van der Waals surface area contributed by atoms with Gasteiger partial charge in [-0.2, -0.15) is 0 Å².